The number of esters is 2. The van der Waals surface area contributed by atoms with Crippen molar-refractivity contribution < 1.29 is 38.1 Å². The molecule has 4 aromatic rings. The van der Waals surface area contributed by atoms with E-state index in [4.69, 9.17) is 18.9 Å². The Hall–Kier alpha value is -2.16. The van der Waals surface area contributed by atoms with Gasteiger partial charge in [0.1, 0.15) is 23.6 Å². The molecule has 0 saturated carbocycles. The van der Waals surface area contributed by atoms with Crippen LogP contribution in [0.1, 0.15) is 25.0 Å². The summed E-state index contributed by atoms with van der Waals surface area (Å²) in [5, 5.41) is 7.90. The Morgan fingerprint density at radius 3 is 1.64 bits per heavy atom. The Labute approximate surface area is 378 Å². The molecule has 0 bridgehead atoms. The predicted octanol–water partition coefficient (Wildman–Crippen LogP) is 9.60. The number of alkyl halides is 1. The van der Waals surface area contributed by atoms with E-state index in [0.717, 1.165) is 65.4 Å². The van der Waals surface area contributed by atoms with Gasteiger partial charge in [0.15, 0.2) is 0 Å². The zero-order valence-electron chi connectivity index (χ0n) is 30.6. The average molecular weight is 1220 g/mol. The fourth-order valence-electron chi connectivity index (χ4n) is 5.39. The van der Waals surface area contributed by atoms with Crippen LogP contribution in [0.3, 0.4) is 0 Å². The third kappa shape index (κ3) is 12.4. The van der Waals surface area contributed by atoms with Crippen LogP contribution in [0.25, 0.3) is 21.8 Å². The van der Waals surface area contributed by atoms with E-state index in [1.807, 2.05) is 16.7 Å². The highest BCUT2D eigenvalue weighted by Crippen LogP contribution is 2.45. The zero-order chi connectivity index (χ0) is 41.7. The van der Waals surface area contributed by atoms with E-state index < -0.39 is 24.0 Å². The van der Waals surface area contributed by atoms with Crippen molar-refractivity contribution in [1.29, 1.82) is 0 Å². The molecule has 2 heterocycles. The number of rotatable bonds is 13. The lowest BCUT2D eigenvalue weighted by Crippen LogP contribution is -2.42. The number of halogens is 7. The molecule has 2 aromatic carbocycles. The zero-order valence-corrected chi connectivity index (χ0v) is 41.7. The van der Waals surface area contributed by atoms with E-state index in [1.54, 1.807) is 26.4 Å². The van der Waals surface area contributed by atoms with Crippen LogP contribution in [0.2, 0.25) is 0 Å². The average Bonchev–Trinajstić information content (AvgIpc) is 3.58. The molecule has 0 radical (unpaired) electrons. The second kappa shape index (κ2) is 23.3. The van der Waals surface area contributed by atoms with Crippen molar-refractivity contribution in [1.82, 2.24) is 20.2 Å². The number of H-pyrrole nitrogens is 1. The number of carbonyl (C=O) groups is 4. The maximum absolute atomic E-state index is 12.2. The number of ether oxygens (including phenoxy) is 4. The Balaban J connectivity index is 0.000000348. The third-order valence-electron chi connectivity index (χ3n) is 7.59. The number of nitrogens with one attached hydrogen (secondary N) is 3. The number of allylic oxidation sites excluding steroid dienone is 2. The molecular weight excluding hydrogens is 1180 g/mol. The highest BCUT2D eigenvalue weighted by atomic mass is 79.9. The lowest BCUT2D eigenvalue weighted by atomic mass is 10.0. The summed E-state index contributed by atoms with van der Waals surface area (Å²) in [6.45, 7) is 10.5. The van der Waals surface area contributed by atoms with Gasteiger partial charge in [-0.2, -0.15) is 0 Å². The summed E-state index contributed by atoms with van der Waals surface area (Å²) in [6.07, 6.45) is 4.08. The number of benzene rings is 2. The van der Waals surface area contributed by atoms with Crippen LogP contribution in [0.15, 0.2) is 64.5 Å². The van der Waals surface area contributed by atoms with Crippen molar-refractivity contribution in [3.8, 4) is 11.5 Å². The molecule has 0 spiro atoms. The predicted molar refractivity (Wildman–Crippen MR) is 240 cm³/mol. The van der Waals surface area contributed by atoms with Crippen LogP contribution in [0, 0.1) is 0 Å². The van der Waals surface area contributed by atoms with Gasteiger partial charge in [-0.15, -0.1) is 13.2 Å². The Morgan fingerprint density at radius 2 is 1.22 bits per heavy atom. The van der Waals surface area contributed by atoms with E-state index in [2.05, 4.69) is 140 Å². The lowest BCUT2D eigenvalue weighted by Gasteiger charge is -2.16. The van der Waals surface area contributed by atoms with E-state index >= 15 is 0 Å². The maximum atomic E-state index is 12.2. The fraction of sp³-hybridized carbons (Fsp3) is 0.333. The van der Waals surface area contributed by atoms with Gasteiger partial charge < -0.3 is 39.1 Å². The summed E-state index contributed by atoms with van der Waals surface area (Å²) in [6, 6.07) is 2.23. The van der Waals surface area contributed by atoms with Gasteiger partial charge in [0.2, 0.25) is 11.8 Å². The molecule has 0 saturated heterocycles. The quantitative estimate of drug-likeness (QED) is 0.0681. The van der Waals surface area contributed by atoms with Crippen LogP contribution in [-0.4, -0.2) is 79.2 Å². The molecule has 12 nitrogen and oxygen atoms in total. The molecule has 2 aromatic heterocycles. The molecule has 300 valence electrons. The summed E-state index contributed by atoms with van der Waals surface area (Å²) in [5.41, 5.74) is 3.44. The van der Waals surface area contributed by atoms with E-state index in [-0.39, 0.29) is 24.7 Å². The van der Waals surface area contributed by atoms with Crippen molar-refractivity contribution >= 4 is 157 Å². The number of hydrogen-bond donors (Lipinski definition) is 3. The van der Waals surface area contributed by atoms with Crippen LogP contribution in [0.5, 0.6) is 11.5 Å². The van der Waals surface area contributed by atoms with Crippen molar-refractivity contribution in [2.24, 2.45) is 0 Å². The number of hydrogen-bond acceptors (Lipinski definition) is 8. The molecular formula is C36H39Br7N4O8. The molecule has 0 aliphatic rings. The Bertz CT molecular complexity index is 2070. The minimum atomic E-state index is -0.812. The molecule has 2 atom stereocenters. The molecule has 0 aliphatic heterocycles. The molecule has 4 rings (SSSR count). The van der Waals surface area contributed by atoms with Crippen molar-refractivity contribution in [3.05, 3.63) is 75.7 Å². The van der Waals surface area contributed by atoms with Gasteiger partial charge in [-0.3, -0.25) is 9.59 Å². The minimum absolute atomic E-state index is 0.247. The summed E-state index contributed by atoms with van der Waals surface area (Å²) in [5.74, 6) is -0.351. The minimum Gasteiger partial charge on any atom is -0.494 e. The summed E-state index contributed by atoms with van der Waals surface area (Å²) >= 11 is 24.4. The number of nitrogens with zero attached hydrogens (tertiary/aromatic N) is 1. The van der Waals surface area contributed by atoms with Crippen molar-refractivity contribution in [2.45, 2.75) is 45.3 Å². The second-order valence-electron chi connectivity index (χ2n) is 11.2. The first-order valence-corrected chi connectivity index (χ1v) is 21.8. The lowest BCUT2D eigenvalue weighted by molar-refractivity contribution is -0.145. The highest BCUT2D eigenvalue weighted by Gasteiger charge is 2.28. The van der Waals surface area contributed by atoms with Crippen LogP contribution < -0.4 is 20.1 Å². The molecule has 0 unspecified atom stereocenters. The molecule has 2 amide bonds. The first kappa shape index (κ1) is 49.0. The van der Waals surface area contributed by atoms with Gasteiger partial charge in [-0.25, -0.2) is 9.59 Å². The van der Waals surface area contributed by atoms with E-state index in [0.29, 0.717) is 18.0 Å². The summed E-state index contributed by atoms with van der Waals surface area (Å²) < 4.78 is 27.1. The van der Waals surface area contributed by atoms with Gasteiger partial charge in [0, 0.05) is 54.9 Å². The van der Waals surface area contributed by atoms with Gasteiger partial charge in [0.05, 0.1) is 61.1 Å². The molecule has 0 aliphatic carbocycles. The Kier molecular flexibility index (Phi) is 20.7. The number of methoxy groups -OCH3 is 4. The number of aromatic nitrogens is 2. The van der Waals surface area contributed by atoms with E-state index in [9.17, 15) is 19.2 Å². The fourth-order valence-corrected chi connectivity index (χ4v) is 10.0. The first-order chi connectivity index (χ1) is 26.0. The number of carbonyl (C=O) groups excluding carboxylic acids is 4. The van der Waals surface area contributed by atoms with Crippen molar-refractivity contribution in [3.63, 3.8) is 0 Å². The van der Waals surface area contributed by atoms with Gasteiger partial charge in [-0.05, 0) is 119 Å². The first-order valence-electron chi connectivity index (χ1n) is 15.9. The summed E-state index contributed by atoms with van der Waals surface area (Å²) in [7, 11) is 5.74. The third-order valence-corrected chi connectivity index (χ3v) is 12.3. The highest BCUT2D eigenvalue weighted by molar-refractivity contribution is 9.12. The largest absolute Gasteiger partial charge is 0.494 e. The van der Waals surface area contributed by atoms with Gasteiger partial charge >= 0.3 is 11.9 Å². The van der Waals surface area contributed by atoms with Gasteiger partial charge in [0.25, 0.3) is 0 Å². The normalized spacial score (nSPS) is 11.6. The number of aromatic amines is 1. The molecule has 0 fully saturated rings. The SMILES string of the molecule is C=CCBr.C=CCn1c(Br)c(C[C@H](NC(C)=O)C(=O)OC)c2c(Br)c(OC)c(Br)cc21.COC(=O)[C@H](Cc1c(Br)[nH]c2cc(Br)c(OC)c(Br)c12)NC(C)=O. The smallest absolute Gasteiger partial charge is 0.328 e. The van der Waals surface area contributed by atoms with E-state index in [1.165, 1.54) is 28.1 Å². The molecule has 55 heavy (non-hydrogen) atoms. The maximum Gasteiger partial charge on any atom is 0.328 e. The molecule has 3 N–H and O–H groups in total. The van der Waals surface area contributed by atoms with Crippen molar-refractivity contribution in [2.75, 3.05) is 33.8 Å². The Morgan fingerprint density at radius 1 is 0.764 bits per heavy atom. The number of fused-ring (bicyclic) bond motifs is 2. The van der Waals surface area contributed by atoms with Crippen LogP contribution in [0.4, 0.5) is 0 Å². The summed E-state index contributed by atoms with van der Waals surface area (Å²) in [4.78, 5) is 50.3. The van der Waals surface area contributed by atoms with Gasteiger partial charge in [-0.1, -0.05) is 28.1 Å². The number of amides is 2. The molecule has 19 heteroatoms. The second-order valence-corrected chi connectivity index (χ2v) is 16.7. The van der Waals surface area contributed by atoms with Crippen LogP contribution >= 0.6 is 112 Å². The topological polar surface area (TPSA) is 150 Å². The van der Waals surface area contributed by atoms with Crippen LogP contribution in [-0.2, 0) is 48.0 Å². The standard InChI is InChI=1S/C18H19Br3N2O4.C15H15Br3N2O4.C3H5Br/c1-5-6-23-13-8-11(19)16(26-3)15(20)14(13)10(17(23)21)7-12(18(25)27-4)22-9(2)24;1-6(21)19-10(15(22)24-3)4-7-11-9(20-14(7)18)5-8(16)13(23-2)12(11)17;1-2-3-4/h5,8,12H,1,6-7H2,2-4H3,(H,22,24);5,10,20H,4H2,1-3H3,(H,19,21);2H,1,3H2/t12-;10-;/m00./s1. The monoisotopic (exact) mass is 1210 g/mol.